The smallest absolute Gasteiger partial charge is 0.337 e. The average molecular weight is 436 g/mol. The number of halogens is 3. The zero-order valence-corrected chi connectivity index (χ0v) is 17.1. The van der Waals surface area contributed by atoms with Gasteiger partial charge >= 0.3 is 6.18 Å². The van der Waals surface area contributed by atoms with E-state index >= 15 is 0 Å². The number of hydrogen-bond donors (Lipinski definition) is 0. The van der Waals surface area contributed by atoms with Crippen molar-refractivity contribution >= 4 is 28.8 Å². The van der Waals surface area contributed by atoms with Gasteiger partial charge in [0.2, 0.25) is 0 Å². The van der Waals surface area contributed by atoms with Gasteiger partial charge in [0, 0.05) is 12.2 Å². The van der Waals surface area contributed by atoms with Gasteiger partial charge in [0.25, 0.3) is 11.8 Å². The van der Waals surface area contributed by atoms with E-state index in [0.717, 1.165) is 17.0 Å². The Morgan fingerprint density at radius 1 is 0.812 bits per heavy atom. The summed E-state index contributed by atoms with van der Waals surface area (Å²) < 4.78 is 39.8. The molecule has 0 saturated carbocycles. The summed E-state index contributed by atoms with van der Waals surface area (Å²) in [6.45, 7) is 2.22. The van der Waals surface area contributed by atoms with E-state index in [1.165, 1.54) is 12.1 Å². The lowest BCUT2D eigenvalue weighted by Crippen LogP contribution is -2.35. The average Bonchev–Trinajstić information content (AvgIpc) is 3.05. The minimum Gasteiger partial charge on any atom is -0.337 e. The van der Waals surface area contributed by atoms with E-state index in [-0.39, 0.29) is 17.0 Å². The minimum atomic E-state index is -4.60. The van der Waals surface area contributed by atoms with Crippen LogP contribution in [0.5, 0.6) is 0 Å². The molecule has 0 aliphatic carbocycles. The van der Waals surface area contributed by atoms with Crippen LogP contribution in [0, 0.1) is 0 Å². The van der Waals surface area contributed by atoms with E-state index < -0.39 is 23.6 Å². The predicted molar refractivity (Wildman–Crippen MR) is 117 cm³/mol. The van der Waals surface area contributed by atoms with Gasteiger partial charge < -0.3 is 4.90 Å². The summed E-state index contributed by atoms with van der Waals surface area (Å²) in [5, 5.41) is 0. The molecule has 7 heteroatoms. The van der Waals surface area contributed by atoms with Gasteiger partial charge in [0.15, 0.2) is 0 Å². The monoisotopic (exact) mass is 436 g/mol. The summed E-state index contributed by atoms with van der Waals surface area (Å²) in [5.74, 6) is -1.33. The first-order valence-corrected chi connectivity index (χ1v) is 10.0. The van der Waals surface area contributed by atoms with Crippen molar-refractivity contribution in [2.45, 2.75) is 13.1 Å². The van der Waals surface area contributed by atoms with Crippen molar-refractivity contribution < 1.29 is 22.8 Å². The van der Waals surface area contributed by atoms with Crippen LogP contribution in [0.1, 0.15) is 18.1 Å². The highest BCUT2D eigenvalue weighted by atomic mass is 19.4. The highest BCUT2D eigenvalue weighted by Crippen LogP contribution is 2.38. The molecule has 3 aromatic rings. The number of anilines is 2. The fraction of sp³-hybridized carbons (Fsp3) is 0.120. The number of carbonyl (C=O) groups is 2. The summed E-state index contributed by atoms with van der Waals surface area (Å²) >= 11 is 0. The van der Waals surface area contributed by atoms with Crippen LogP contribution in [0.3, 0.4) is 0 Å². The molecule has 0 atom stereocenters. The van der Waals surface area contributed by atoms with Crippen LogP contribution in [0.15, 0.2) is 90.6 Å². The Hall–Kier alpha value is -3.87. The first-order chi connectivity index (χ1) is 15.3. The number of benzene rings is 3. The molecule has 4 nitrogen and oxygen atoms in total. The van der Waals surface area contributed by atoms with Crippen molar-refractivity contribution in [3.63, 3.8) is 0 Å². The molecule has 0 saturated heterocycles. The van der Waals surface area contributed by atoms with Crippen LogP contribution >= 0.6 is 0 Å². The molecule has 162 valence electrons. The normalized spacial score (nSPS) is 14.3. The van der Waals surface area contributed by atoms with Gasteiger partial charge in [-0.15, -0.1) is 0 Å². The molecule has 1 aliphatic heterocycles. The van der Waals surface area contributed by atoms with E-state index in [1.54, 1.807) is 35.2 Å². The van der Waals surface area contributed by atoms with Gasteiger partial charge in [-0.1, -0.05) is 54.6 Å². The maximum Gasteiger partial charge on any atom is 0.416 e. The lowest BCUT2D eigenvalue weighted by Gasteiger charge is -2.25. The molecule has 0 unspecified atom stereocenters. The second-order valence-electron chi connectivity index (χ2n) is 7.16. The Labute approximate surface area is 183 Å². The van der Waals surface area contributed by atoms with Crippen molar-refractivity contribution in [3.05, 3.63) is 102 Å². The van der Waals surface area contributed by atoms with Crippen molar-refractivity contribution in [2.24, 2.45) is 0 Å². The number of amides is 2. The quantitative estimate of drug-likeness (QED) is 0.495. The Bertz CT molecular complexity index is 1190. The molecule has 4 rings (SSSR count). The third-order valence-electron chi connectivity index (χ3n) is 5.21. The Kier molecular flexibility index (Phi) is 5.57. The molecule has 3 aromatic carbocycles. The highest BCUT2D eigenvalue weighted by Gasteiger charge is 2.43. The zero-order valence-electron chi connectivity index (χ0n) is 17.1. The van der Waals surface area contributed by atoms with Crippen LogP contribution in [0.25, 0.3) is 5.57 Å². The molecule has 2 amide bonds. The molecule has 0 spiro atoms. The first kappa shape index (κ1) is 21.4. The largest absolute Gasteiger partial charge is 0.416 e. The summed E-state index contributed by atoms with van der Waals surface area (Å²) in [7, 11) is 0. The van der Waals surface area contributed by atoms with Crippen molar-refractivity contribution in [1.29, 1.82) is 0 Å². The van der Waals surface area contributed by atoms with Gasteiger partial charge in [-0.2, -0.15) is 13.2 Å². The lowest BCUT2D eigenvalue weighted by atomic mass is 10.0. The number of carbonyl (C=O) groups excluding carboxylic acids is 2. The summed E-state index contributed by atoms with van der Waals surface area (Å²) in [6, 6.07) is 22.0. The molecule has 32 heavy (non-hydrogen) atoms. The third kappa shape index (κ3) is 3.77. The molecule has 1 aliphatic rings. The summed E-state index contributed by atoms with van der Waals surface area (Å²) in [6.07, 6.45) is -4.60. The van der Waals surface area contributed by atoms with E-state index in [1.807, 2.05) is 37.3 Å². The van der Waals surface area contributed by atoms with Gasteiger partial charge in [0.05, 0.1) is 16.8 Å². The van der Waals surface area contributed by atoms with Crippen LogP contribution in [-0.4, -0.2) is 18.4 Å². The van der Waals surface area contributed by atoms with E-state index in [0.29, 0.717) is 17.8 Å². The summed E-state index contributed by atoms with van der Waals surface area (Å²) in [4.78, 5) is 29.6. The minimum absolute atomic E-state index is 0.123. The van der Waals surface area contributed by atoms with E-state index in [2.05, 4.69) is 0 Å². The number of hydrogen-bond acceptors (Lipinski definition) is 3. The maximum atomic E-state index is 13.6. The fourth-order valence-corrected chi connectivity index (χ4v) is 3.77. The highest BCUT2D eigenvalue weighted by molar-refractivity contribution is 6.46. The summed E-state index contributed by atoms with van der Waals surface area (Å²) in [5.41, 5.74) is 0.448. The zero-order chi connectivity index (χ0) is 22.9. The second-order valence-corrected chi connectivity index (χ2v) is 7.16. The predicted octanol–water partition coefficient (Wildman–Crippen LogP) is 5.52. The number of para-hydroxylation sites is 1. The van der Waals surface area contributed by atoms with Crippen LogP contribution in [0.2, 0.25) is 0 Å². The molecular formula is C25H19F3N2O2. The van der Waals surface area contributed by atoms with Crippen molar-refractivity contribution in [1.82, 2.24) is 0 Å². The Balaban J connectivity index is 1.88. The molecule has 1 heterocycles. The molecule has 0 N–H and O–H groups in total. The Morgan fingerprint density at radius 2 is 1.44 bits per heavy atom. The molecular weight excluding hydrogens is 417 g/mol. The van der Waals surface area contributed by atoms with Gasteiger partial charge in [0.1, 0.15) is 5.70 Å². The second kappa shape index (κ2) is 8.34. The number of nitrogens with zero attached hydrogens (tertiary/aromatic N) is 2. The van der Waals surface area contributed by atoms with Crippen LogP contribution < -0.4 is 9.80 Å². The van der Waals surface area contributed by atoms with E-state index in [4.69, 9.17) is 0 Å². The molecule has 0 fully saturated rings. The van der Waals surface area contributed by atoms with Gasteiger partial charge in [-0.05, 0) is 42.8 Å². The standard InChI is InChI=1S/C25H19F3N2O2/c1-2-29(19-13-7-4-8-14-19)22-21(17-10-5-3-6-11-17)23(31)30(24(22)32)20-15-9-12-18(16-20)25(26,27)28/h3-16H,2H2,1H3. The third-order valence-corrected chi connectivity index (χ3v) is 5.21. The van der Waals surface area contributed by atoms with Gasteiger partial charge in [-0.25, -0.2) is 4.90 Å². The van der Waals surface area contributed by atoms with E-state index in [9.17, 15) is 22.8 Å². The van der Waals surface area contributed by atoms with Crippen molar-refractivity contribution in [3.8, 4) is 0 Å². The van der Waals surface area contributed by atoms with Crippen molar-refractivity contribution in [2.75, 3.05) is 16.3 Å². The lowest BCUT2D eigenvalue weighted by molar-refractivity contribution is -0.137. The maximum absolute atomic E-state index is 13.6. The molecule has 0 aromatic heterocycles. The molecule has 0 bridgehead atoms. The number of alkyl halides is 3. The fourth-order valence-electron chi connectivity index (χ4n) is 3.77. The Morgan fingerprint density at radius 3 is 2.03 bits per heavy atom. The van der Waals surface area contributed by atoms with Gasteiger partial charge in [-0.3, -0.25) is 9.59 Å². The number of likely N-dealkylation sites (N-methyl/N-ethyl adjacent to an activating group) is 1. The number of rotatable bonds is 5. The molecule has 0 radical (unpaired) electrons. The van der Waals surface area contributed by atoms with Crippen LogP contribution in [-0.2, 0) is 15.8 Å². The SMILES string of the molecule is CCN(C1=C(c2ccccc2)C(=O)N(c2cccc(C(F)(F)F)c2)C1=O)c1ccccc1. The topological polar surface area (TPSA) is 40.6 Å². The first-order valence-electron chi connectivity index (χ1n) is 10.0. The number of imide groups is 1. The van der Waals surface area contributed by atoms with Crippen LogP contribution in [0.4, 0.5) is 24.5 Å².